The Balaban J connectivity index is 1.35. The third-order valence-corrected chi connectivity index (χ3v) is 3.95. The first kappa shape index (κ1) is 15.0. The van der Waals surface area contributed by atoms with E-state index in [1.165, 1.54) is 0 Å². The summed E-state index contributed by atoms with van der Waals surface area (Å²) < 4.78 is 11.0. The number of ketones is 1. The maximum Gasteiger partial charge on any atom is 0.175 e. The summed E-state index contributed by atoms with van der Waals surface area (Å²) in [6, 6.07) is 14.1. The number of Topliss-reactive ketones (excluding diaryl/α,β-unsaturated/α-hetero) is 1. The average molecular weight is 299 g/mol. The summed E-state index contributed by atoms with van der Waals surface area (Å²) in [5.74, 6) is 2.03. The van der Waals surface area contributed by atoms with Crippen LogP contribution in [0.15, 0.2) is 46.9 Å². The molecule has 2 atom stereocenters. The van der Waals surface area contributed by atoms with E-state index >= 15 is 0 Å². The van der Waals surface area contributed by atoms with Crippen molar-refractivity contribution >= 4 is 5.78 Å². The van der Waals surface area contributed by atoms with Crippen LogP contribution in [-0.4, -0.2) is 24.5 Å². The molecule has 4 nitrogen and oxygen atoms in total. The van der Waals surface area contributed by atoms with E-state index in [9.17, 15) is 4.79 Å². The minimum absolute atomic E-state index is 0.0724. The normalized spacial score (nSPS) is 20.6. The van der Waals surface area contributed by atoms with Crippen molar-refractivity contribution in [2.24, 2.45) is 0 Å². The Labute approximate surface area is 130 Å². The van der Waals surface area contributed by atoms with Gasteiger partial charge >= 0.3 is 0 Å². The topological polar surface area (TPSA) is 51.5 Å². The molecule has 1 saturated heterocycles. The van der Waals surface area contributed by atoms with Crippen LogP contribution in [0.25, 0.3) is 0 Å². The van der Waals surface area contributed by atoms with Crippen molar-refractivity contribution in [2.75, 3.05) is 6.61 Å². The Morgan fingerprint density at radius 2 is 2.05 bits per heavy atom. The number of carbonyl (C=O) groups is 1. The highest BCUT2D eigenvalue weighted by Crippen LogP contribution is 2.19. The van der Waals surface area contributed by atoms with E-state index in [0.29, 0.717) is 12.6 Å². The zero-order valence-corrected chi connectivity index (χ0v) is 12.7. The Bertz CT molecular complexity index is 614. The summed E-state index contributed by atoms with van der Waals surface area (Å²) in [5.41, 5.74) is 1.09. The van der Waals surface area contributed by atoms with Crippen molar-refractivity contribution in [3.63, 3.8) is 0 Å². The monoisotopic (exact) mass is 299 g/mol. The van der Waals surface area contributed by atoms with Crippen LogP contribution in [-0.2, 0) is 22.6 Å². The van der Waals surface area contributed by atoms with Crippen LogP contribution in [0.1, 0.15) is 23.5 Å². The summed E-state index contributed by atoms with van der Waals surface area (Å²) in [6.45, 7) is 2.58. The molecule has 1 aromatic heterocycles. The van der Waals surface area contributed by atoms with Crippen LogP contribution in [0.2, 0.25) is 0 Å². The van der Waals surface area contributed by atoms with Crippen molar-refractivity contribution in [3.8, 4) is 0 Å². The number of aryl methyl sites for hydroxylation is 1. The molecule has 3 rings (SSSR count). The summed E-state index contributed by atoms with van der Waals surface area (Å²) in [7, 11) is 0. The molecule has 1 aromatic carbocycles. The molecule has 0 spiro atoms. The Kier molecular flexibility index (Phi) is 4.71. The first-order chi connectivity index (χ1) is 10.7. The molecule has 22 heavy (non-hydrogen) atoms. The Morgan fingerprint density at radius 1 is 1.27 bits per heavy atom. The summed E-state index contributed by atoms with van der Waals surface area (Å²) >= 11 is 0. The van der Waals surface area contributed by atoms with Gasteiger partial charge in [0.05, 0.1) is 12.6 Å². The number of rotatable bonds is 7. The van der Waals surface area contributed by atoms with Crippen molar-refractivity contribution in [2.45, 2.75) is 38.5 Å². The van der Waals surface area contributed by atoms with Gasteiger partial charge in [0, 0.05) is 12.5 Å². The molecule has 0 bridgehead atoms. The van der Waals surface area contributed by atoms with Crippen LogP contribution in [0.4, 0.5) is 0 Å². The van der Waals surface area contributed by atoms with Crippen LogP contribution in [0, 0.1) is 6.92 Å². The molecule has 0 aliphatic carbocycles. The number of hydrogen-bond donors (Lipinski definition) is 1. The van der Waals surface area contributed by atoms with Gasteiger partial charge < -0.3 is 14.5 Å². The van der Waals surface area contributed by atoms with E-state index in [1.54, 1.807) is 0 Å². The molecule has 1 fully saturated rings. The fourth-order valence-electron chi connectivity index (χ4n) is 2.69. The van der Waals surface area contributed by atoms with Crippen molar-refractivity contribution in [1.82, 2.24) is 5.32 Å². The van der Waals surface area contributed by atoms with Crippen molar-refractivity contribution in [1.29, 1.82) is 0 Å². The minimum Gasteiger partial charge on any atom is -0.466 e. The predicted octanol–water partition coefficient (Wildman–Crippen LogP) is 2.65. The molecule has 2 heterocycles. The van der Waals surface area contributed by atoms with Gasteiger partial charge in [-0.15, -0.1) is 0 Å². The highest BCUT2D eigenvalue weighted by molar-refractivity contribution is 5.86. The number of benzene rings is 1. The van der Waals surface area contributed by atoms with E-state index in [0.717, 1.165) is 29.9 Å². The van der Waals surface area contributed by atoms with E-state index in [2.05, 4.69) is 5.32 Å². The highest BCUT2D eigenvalue weighted by atomic mass is 16.5. The van der Waals surface area contributed by atoms with E-state index < -0.39 is 0 Å². The summed E-state index contributed by atoms with van der Waals surface area (Å²) in [5, 5.41) is 3.30. The molecule has 2 aromatic rings. The Hall–Kier alpha value is -1.91. The summed E-state index contributed by atoms with van der Waals surface area (Å²) in [6.07, 6.45) is 1.69. The van der Waals surface area contributed by atoms with E-state index in [1.807, 2.05) is 49.4 Å². The molecule has 0 radical (unpaired) electrons. The molecule has 0 amide bonds. The van der Waals surface area contributed by atoms with Crippen LogP contribution in [0.5, 0.6) is 0 Å². The van der Waals surface area contributed by atoms with Crippen LogP contribution < -0.4 is 5.32 Å². The first-order valence-corrected chi connectivity index (χ1v) is 7.66. The third-order valence-electron chi connectivity index (χ3n) is 3.95. The molecule has 1 unspecified atom stereocenters. The molecule has 0 saturated carbocycles. The lowest BCUT2D eigenvalue weighted by Gasteiger charge is -2.35. The number of hydrogen-bond acceptors (Lipinski definition) is 4. The fraction of sp³-hybridized carbons (Fsp3) is 0.389. The number of ether oxygens (including phenoxy) is 1. The lowest BCUT2D eigenvalue weighted by molar-refractivity contribution is -0.128. The van der Waals surface area contributed by atoms with Gasteiger partial charge in [-0.2, -0.15) is 0 Å². The van der Waals surface area contributed by atoms with E-state index in [4.69, 9.17) is 9.15 Å². The molecule has 4 heteroatoms. The van der Waals surface area contributed by atoms with Crippen molar-refractivity contribution < 1.29 is 13.9 Å². The van der Waals surface area contributed by atoms with Gasteiger partial charge in [-0.3, -0.25) is 4.79 Å². The molecular weight excluding hydrogens is 278 g/mol. The molecule has 1 N–H and O–H groups in total. The van der Waals surface area contributed by atoms with Gasteiger partial charge in [0.2, 0.25) is 0 Å². The summed E-state index contributed by atoms with van der Waals surface area (Å²) in [4.78, 5) is 12.0. The van der Waals surface area contributed by atoms with Gasteiger partial charge in [0.1, 0.15) is 18.1 Å². The second kappa shape index (κ2) is 6.90. The van der Waals surface area contributed by atoms with Gasteiger partial charge in [-0.05, 0) is 31.0 Å². The number of carbonyl (C=O) groups excluding carboxylic acids is 1. The quantitative estimate of drug-likeness (QED) is 0.854. The predicted molar refractivity (Wildman–Crippen MR) is 83.6 cm³/mol. The standard InChI is InChI=1S/C18H21NO3/c1-13-7-8-16(22-13)9-15-10-17(19-15)18(20)12-21-11-14-5-3-2-4-6-14/h2-8,15,17,19H,9-12H2,1H3/t15?,17-/m1/s1. The van der Waals surface area contributed by atoms with Crippen LogP contribution >= 0.6 is 0 Å². The van der Waals surface area contributed by atoms with Crippen LogP contribution in [0.3, 0.4) is 0 Å². The van der Waals surface area contributed by atoms with Gasteiger partial charge in [0.25, 0.3) is 0 Å². The van der Waals surface area contributed by atoms with Gasteiger partial charge in [-0.1, -0.05) is 30.3 Å². The fourth-order valence-corrected chi connectivity index (χ4v) is 2.69. The molecule has 1 aliphatic rings. The number of nitrogens with one attached hydrogen (secondary N) is 1. The van der Waals surface area contributed by atoms with Gasteiger partial charge in [-0.25, -0.2) is 0 Å². The highest BCUT2D eigenvalue weighted by Gasteiger charge is 2.33. The lowest BCUT2D eigenvalue weighted by Crippen LogP contribution is -2.58. The lowest BCUT2D eigenvalue weighted by atomic mass is 9.91. The minimum atomic E-state index is -0.0724. The van der Waals surface area contributed by atoms with Gasteiger partial charge in [0.15, 0.2) is 5.78 Å². The third kappa shape index (κ3) is 3.84. The molecule has 116 valence electrons. The second-order valence-corrected chi connectivity index (χ2v) is 5.81. The molecule has 1 aliphatic heterocycles. The SMILES string of the molecule is Cc1ccc(CC2C[C@H](C(=O)COCc3ccccc3)N2)o1. The smallest absolute Gasteiger partial charge is 0.175 e. The zero-order valence-electron chi connectivity index (χ0n) is 12.7. The number of furan rings is 1. The maximum absolute atomic E-state index is 12.0. The van der Waals surface area contributed by atoms with E-state index in [-0.39, 0.29) is 18.4 Å². The Morgan fingerprint density at radius 3 is 2.73 bits per heavy atom. The first-order valence-electron chi connectivity index (χ1n) is 7.66. The molecular formula is C18H21NO3. The zero-order chi connectivity index (χ0) is 15.4. The maximum atomic E-state index is 12.0. The average Bonchev–Trinajstić information content (AvgIpc) is 2.89. The largest absolute Gasteiger partial charge is 0.466 e. The second-order valence-electron chi connectivity index (χ2n) is 5.81. The van der Waals surface area contributed by atoms with Crippen molar-refractivity contribution in [3.05, 3.63) is 59.5 Å².